The van der Waals surface area contributed by atoms with Gasteiger partial charge < -0.3 is 0 Å². The minimum absolute atomic E-state index is 0.486. The number of hydrogen-bond donors (Lipinski definition) is 0. The summed E-state index contributed by atoms with van der Waals surface area (Å²) in [5.74, 6) is 0. The molecule has 1 saturated carbocycles. The molecule has 78 valence electrons. The number of rotatable bonds is 1. The van der Waals surface area contributed by atoms with E-state index >= 15 is 0 Å². The van der Waals surface area contributed by atoms with Crippen LogP contribution in [0.25, 0.3) is 0 Å². The summed E-state index contributed by atoms with van der Waals surface area (Å²) in [7, 11) is 0. The fourth-order valence-electron chi connectivity index (χ4n) is 1.58. The number of hydrogen-bond acceptors (Lipinski definition) is 1. The van der Waals surface area contributed by atoms with Crippen molar-refractivity contribution in [2.45, 2.75) is 24.4 Å². The van der Waals surface area contributed by atoms with Crippen molar-refractivity contribution in [3.05, 3.63) is 35.4 Å². The molecule has 0 aliphatic heterocycles. The van der Waals surface area contributed by atoms with Crippen molar-refractivity contribution in [3.63, 3.8) is 0 Å². The van der Waals surface area contributed by atoms with Gasteiger partial charge in [-0.15, -0.1) is 0 Å². The fraction of sp³-hybridized carbons (Fsp3) is 0.364. The highest BCUT2D eigenvalue weighted by molar-refractivity contribution is 5.41. The topological polar surface area (TPSA) is 23.8 Å². The van der Waals surface area contributed by atoms with Crippen molar-refractivity contribution >= 4 is 0 Å². The van der Waals surface area contributed by atoms with E-state index in [0.717, 1.165) is 12.1 Å². The lowest BCUT2D eigenvalue weighted by atomic mass is 9.96. The van der Waals surface area contributed by atoms with Crippen LogP contribution in [0.5, 0.6) is 0 Å². The first-order valence-electron chi connectivity index (χ1n) is 4.57. The lowest BCUT2D eigenvalue weighted by Gasteiger charge is -2.10. The maximum atomic E-state index is 12.4. The zero-order chi connectivity index (χ0) is 11.1. The quantitative estimate of drug-likeness (QED) is 0.699. The van der Waals surface area contributed by atoms with Crippen LogP contribution in [0.15, 0.2) is 24.3 Å². The summed E-state index contributed by atoms with van der Waals surface area (Å²) < 4.78 is 37.2. The van der Waals surface area contributed by atoms with Crippen LogP contribution in [-0.2, 0) is 11.6 Å². The van der Waals surface area contributed by atoms with Crippen molar-refractivity contribution in [1.82, 2.24) is 0 Å². The molecular weight excluding hydrogens is 203 g/mol. The highest BCUT2D eigenvalue weighted by atomic mass is 19.4. The zero-order valence-corrected chi connectivity index (χ0v) is 7.80. The molecule has 1 aliphatic rings. The molecule has 1 aromatic carbocycles. The standard InChI is InChI=1S/C11H8F3N/c12-11(13,14)9-3-1-2-8(6-9)10(7-15)4-5-10/h1-3,6H,4-5H2. The van der Waals surface area contributed by atoms with Crippen molar-refractivity contribution in [2.75, 3.05) is 0 Å². The van der Waals surface area contributed by atoms with Crippen LogP contribution >= 0.6 is 0 Å². The van der Waals surface area contributed by atoms with E-state index < -0.39 is 17.2 Å². The van der Waals surface area contributed by atoms with Gasteiger partial charge in [-0.2, -0.15) is 18.4 Å². The third kappa shape index (κ3) is 1.70. The molecule has 1 fully saturated rings. The average molecular weight is 211 g/mol. The van der Waals surface area contributed by atoms with Gasteiger partial charge in [0.1, 0.15) is 0 Å². The monoisotopic (exact) mass is 211 g/mol. The van der Waals surface area contributed by atoms with Gasteiger partial charge in [-0.1, -0.05) is 18.2 Å². The molecule has 15 heavy (non-hydrogen) atoms. The van der Waals surface area contributed by atoms with Gasteiger partial charge >= 0.3 is 6.18 Å². The van der Waals surface area contributed by atoms with E-state index in [2.05, 4.69) is 6.07 Å². The first-order chi connectivity index (χ1) is 6.98. The molecule has 1 aliphatic carbocycles. The van der Waals surface area contributed by atoms with Gasteiger partial charge in [0.25, 0.3) is 0 Å². The maximum absolute atomic E-state index is 12.4. The number of nitriles is 1. The third-order valence-corrected chi connectivity index (χ3v) is 2.71. The molecule has 0 atom stereocenters. The Balaban J connectivity index is 2.41. The molecule has 0 radical (unpaired) electrons. The van der Waals surface area contributed by atoms with Gasteiger partial charge in [0.15, 0.2) is 0 Å². The fourth-order valence-corrected chi connectivity index (χ4v) is 1.58. The Morgan fingerprint density at radius 3 is 2.40 bits per heavy atom. The first kappa shape index (κ1) is 10.0. The normalized spacial score (nSPS) is 18.3. The summed E-state index contributed by atoms with van der Waals surface area (Å²) >= 11 is 0. The molecule has 0 aromatic heterocycles. The summed E-state index contributed by atoms with van der Waals surface area (Å²) in [6.45, 7) is 0. The van der Waals surface area contributed by atoms with Crippen LogP contribution in [0.1, 0.15) is 24.0 Å². The molecule has 0 bridgehead atoms. The van der Waals surface area contributed by atoms with E-state index in [9.17, 15) is 13.2 Å². The average Bonchev–Trinajstić information content (AvgIpc) is 2.97. The van der Waals surface area contributed by atoms with Crippen molar-refractivity contribution in [1.29, 1.82) is 5.26 Å². The van der Waals surface area contributed by atoms with E-state index in [4.69, 9.17) is 5.26 Å². The summed E-state index contributed by atoms with van der Waals surface area (Å²) in [4.78, 5) is 0. The Hall–Kier alpha value is -1.50. The van der Waals surface area contributed by atoms with Gasteiger partial charge in [0.05, 0.1) is 17.0 Å². The van der Waals surface area contributed by atoms with E-state index in [1.807, 2.05) is 0 Å². The largest absolute Gasteiger partial charge is 0.416 e. The minimum atomic E-state index is -4.33. The third-order valence-electron chi connectivity index (χ3n) is 2.71. The van der Waals surface area contributed by atoms with Gasteiger partial charge in [-0.25, -0.2) is 0 Å². The van der Waals surface area contributed by atoms with Gasteiger partial charge in [0.2, 0.25) is 0 Å². The first-order valence-corrected chi connectivity index (χ1v) is 4.57. The second kappa shape index (κ2) is 2.99. The predicted molar refractivity (Wildman–Crippen MR) is 48.0 cm³/mol. The number of halogens is 3. The van der Waals surface area contributed by atoms with Crippen LogP contribution in [0.4, 0.5) is 13.2 Å². The van der Waals surface area contributed by atoms with Crippen molar-refractivity contribution in [2.24, 2.45) is 0 Å². The van der Waals surface area contributed by atoms with Gasteiger partial charge in [-0.3, -0.25) is 0 Å². The van der Waals surface area contributed by atoms with E-state index in [-0.39, 0.29) is 0 Å². The molecule has 0 heterocycles. The molecule has 4 heteroatoms. The summed E-state index contributed by atoms with van der Waals surface area (Å²) in [5.41, 5.74) is -0.845. The highest BCUT2D eigenvalue weighted by Gasteiger charge is 2.45. The van der Waals surface area contributed by atoms with E-state index in [1.54, 1.807) is 6.07 Å². The lowest BCUT2D eigenvalue weighted by Crippen LogP contribution is -2.08. The predicted octanol–water partition coefficient (Wildman–Crippen LogP) is 3.26. The summed E-state index contributed by atoms with van der Waals surface area (Å²) in [6, 6.07) is 7.13. The highest BCUT2D eigenvalue weighted by Crippen LogP contribution is 2.48. The van der Waals surface area contributed by atoms with Gasteiger partial charge in [0, 0.05) is 0 Å². The van der Waals surface area contributed by atoms with Gasteiger partial charge in [-0.05, 0) is 24.5 Å². The number of alkyl halides is 3. The molecule has 0 saturated heterocycles. The summed E-state index contributed by atoms with van der Waals surface area (Å²) in [5, 5.41) is 8.87. The number of nitrogens with zero attached hydrogens (tertiary/aromatic N) is 1. The maximum Gasteiger partial charge on any atom is 0.416 e. The van der Waals surface area contributed by atoms with Crippen LogP contribution in [0, 0.1) is 11.3 Å². The Kier molecular flexibility index (Phi) is 2.00. The SMILES string of the molecule is N#CC1(c2cccc(C(F)(F)F)c2)CC1. The van der Waals surface area contributed by atoms with Crippen LogP contribution < -0.4 is 0 Å². The second-order valence-electron chi connectivity index (χ2n) is 3.77. The molecule has 1 aromatic rings. The Bertz CT molecular complexity index is 424. The Morgan fingerprint density at radius 1 is 1.27 bits per heavy atom. The second-order valence-corrected chi connectivity index (χ2v) is 3.77. The molecule has 0 N–H and O–H groups in total. The molecule has 2 rings (SSSR count). The smallest absolute Gasteiger partial charge is 0.197 e. The van der Waals surface area contributed by atoms with Crippen LogP contribution in [0.3, 0.4) is 0 Å². The summed E-state index contributed by atoms with van der Waals surface area (Å²) in [6.07, 6.45) is -3.02. The molecule has 0 unspecified atom stereocenters. The number of benzene rings is 1. The molecule has 1 nitrogen and oxygen atoms in total. The van der Waals surface area contributed by atoms with Crippen LogP contribution in [0.2, 0.25) is 0 Å². The van der Waals surface area contributed by atoms with Crippen molar-refractivity contribution in [3.8, 4) is 6.07 Å². The minimum Gasteiger partial charge on any atom is -0.197 e. The van der Waals surface area contributed by atoms with Crippen LogP contribution in [-0.4, -0.2) is 0 Å². The van der Waals surface area contributed by atoms with E-state index in [0.29, 0.717) is 18.4 Å². The molecule has 0 amide bonds. The molecular formula is C11H8F3N. The lowest BCUT2D eigenvalue weighted by molar-refractivity contribution is -0.137. The van der Waals surface area contributed by atoms with Crippen molar-refractivity contribution < 1.29 is 13.2 Å². The Labute approximate surface area is 85.1 Å². The van der Waals surface area contributed by atoms with E-state index in [1.165, 1.54) is 6.07 Å². The zero-order valence-electron chi connectivity index (χ0n) is 7.80. The molecule has 0 spiro atoms. The Morgan fingerprint density at radius 2 is 1.93 bits per heavy atom.